The molecule has 1 amide bonds. The van der Waals surface area contributed by atoms with E-state index in [1.807, 2.05) is 0 Å². The summed E-state index contributed by atoms with van der Waals surface area (Å²) in [5, 5.41) is 26.1. The largest absolute Gasteiger partial charge is 0.419 e. The number of benzene rings is 1. The number of hydrogen-bond acceptors (Lipinski definition) is 6. The average molecular weight is 406 g/mol. The van der Waals surface area contributed by atoms with Gasteiger partial charge in [-0.3, -0.25) is 10.1 Å². The minimum Gasteiger partial charge on any atom is -0.395 e. The summed E-state index contributed by atoms with van der Waals surface area (Å²) in [5.41, 5.74) is 1.90. The van der Waals surface area contributed by atoms with Crippen LogP contribution in [-0.4, -0.2) is 46.3 Å². The Morgan fingerprint density at radius 2 is 1.96 bits per heavy atom. The fraction of sp³-hybridized carbons (Fsp3) is 0.588. The second-order valence-electron chi connectivity index (χ2n) is 7.30. The number of halogens is 4. The molecule has 28 heavy (non-hydrogen) atoms. The van der Waals surface area contributed by atoms with Crippen molar-refractivity contribution in [3.05, 3.63) is 35.1 Å². The van der Waals surface area contributed by atoms with Crippen LogP contribution < -0.4 is 16.1 Å². The van der Waals surface area contributed by atoms with E-state index in [0.29, 0.717) is 6.07 Å². The summed E-state index contributed by atoms with van der Waals surface area (Å²) in [6, 6.07) is 1.40. The number of aliphatic hydroxyl groups excluding tert-OH is 2. The zero-order valence-electron chi connectivity index (χ0n) is 15.2. The molecule has 0 saturated carbocycles. The highest BCUT2D eigenvalue weighted by atomic mass is 19.4. The smallest absolute Gasteiger partial charge is 0.395 e. The van der Waals surface area contributed by atoms with E-state index in [0.717, 1.165) is 6.07 Å². The van der Waals surface area contributed by atoms with Gasteiger partial charge in [0.25, 0.3) is 0 Å². The van der Waals surface area contributed by atoms with Gasteiger partial charge < -0.3 is 15.5 Å². The number of rotatable bonds is 4. The molecular weight excluding hydrogens is 384 g/mol. The quantitative estimate of drug-likeness (QED) is 0.472. The number of carbonyl (C=O) groups is 1. The number of alkyl halides is 3. The van der Waals surface area contributed by atoms with Gasteiger partial charge in [0, 0.05) is 0 Å². The lowest BCUT2D eigenvalue weighted by Crippen LogP contribution is -2.65. The topological polar surface area (TPSA) is 96.9 Å². The van der Waals surface area contributed by atoms with Crippen molar-refractivity contribution in [3.63, 3.8) is 0 Å². The molecule has 1 aromatic carbocycles. The lowest BCUT2D eigenvalue weighted by molar-refractivity contribution is -0.140. The fourth-order valence-electron chi connectivity index (χ4n) is 3.91. The van der Waals surface area contributed by atoms with Crippen LogP contribution in [0.5, 0.6) is 0 Å². The summed E-state index contributed by atoms with van der Waals surface area (Å²) >= 11 is 0. The second kappa shape index (κ2) is 7.56. The highest BCUT2D eigenvalue weighted by Crippen LogP contribution is 2.38. The van der Waals surface area contributed by atoms with Gasteiger partial charge in [0.15, 0.2) is 6.35 Å². The molecule has 7 nitrogen and oxygen atoms in total. The van der Waals surface area contributed by atoms with Gasteiger partial charge in [0.1, 0.15) is 5.82 Å². The van der Waals surface area contributed by atoms with Gasteiger partial charge in [0.05, 0.1) is 36.3 Å². The van der Waals surface area contributed by atoms with Gasteiger partial charge in [-0.25, -0.2) is 14.8 Å². The molecule has 0 radical (unpaired) electrons. The van der Waals surface area contributed by atoms with Crippen LogP contribution in [0.4, 0.5) is 17.6 Å². The molecule has 5 unspecified atom stereocenters. The molecule has 156 valence electrons. The van der Waals surface area contributed by atoms with Crippen molar-refractivity contribution in [1.82, 2.24) is 21.1 Å². The van der Waals surface area contributed by atoms with Crippen molar-refractivity contribution < 1.29 is 32.6 Å². The number of amides is 1. The van der Waals surface area contributed by atoms with E-state index in [1.165, 1.54) is 6.07 Å². The van der Waals surface area contributed by atoms with E-state index >= 15 is 0 Å². The molecule has 0 aliphatic carbocycles. The average Bonchev–Trinajstić information content (AvgIpc) is 2.92. The molecule has 3 rings (SSSR count). The minimum atomic E-state index is -4.80. The maximum Gasteiger partial charge on any atom is 0.419 e. The molecule has 11 heteroatoms. The third-order valence-electron chi connectivity index (χ3n) is 5.07. The van der Waals surface area contributed by atoms with Crippen molar-refractivity contribution in [3.8, 4) is 0 Å². The van der Waals surface area contributed by atoms with Crippen molar-refractivity contribution in [2.75, 3.05) is 6.61 Å². The summed E-state index contributed by atoms with van der Waals surface area (Å²) in [5.74, 6) is -2.83. The number of nitrogens with one attached hydrogen (secondary N) is 3. The molecule has 2 aliphatic heterocycles. The molecule has 2 fully saturated rings. The van der Waals surface area contributed by atoms with Crippen LogP contribution in [0, 0.1) is 17.7 Å². The zero-order chi connectivity index (χ0) is 20.8. The highest BCUT2D eigenvalue weighted by Gasteiger charge is 2.51. The highest BCUT2D eigenvalue weighted by molar-refractivity contribution is 5.81. The maximum absolute atomic E-state index is 14.1. The molecule has 0 bridgehead atoms. The van der Waals surface area contributed by atoms with Crippen LogP contribution >= 0.6 is 0 Å². The molecule has 5 atom stereocenters. The van der Waals surface area contributed by atoms with Gasteiger partial charge in [-0.1, -0.05) is 19.9 Å². The molecule has 2 saturated heterocycles. The van der Waals surface area contributed by atoms with E-state index in [4.69, 9.17) is 0 Å². The Bertz CT molecular complexity index is 746. The molecule has 1 aromatic rings. The Morgan fingerprint density at radius 3 is 2.50 bits per heavy atom. The number of nitrogens with zero attached hydrogens (tertiary/aromatic N) is 1. The standard InChI is InChI=1S/C17H22F4N4O3/c1-7(2)13(8-3-4-9(10(18)5-8)17(19,20)21)25-14-12(11(6-26)24-25)15(27)23-16(28)22-14/h3-5,7,11-14,16,22,24,26,28H,6H2,1-2H3,(H,23,27). The summed E-state index contributed by atoms with van der Waals surface area (Å²) in [4.78, 5) is 12.3. The SMILES string of the molecule is CC(C)C(c1ccc(C(F)(F)F)c(F)c1)N1NC(CO)C2C(=O)NC(O)NC21. The molecule has 2 aliphatic rings. The Balaban J connectivity index is 1.98. The van der Waals surface area contributed by atoms with Gasteiger partial charge in [0.2, 0.25) is 5.91 Å². The van der Waals surface area contributed by atoms with Gasteiger partial charge >= 0.3 is 6.18 Å². The zero-order valence-corrected chi connectivity index (χ0v) is 15.2. The van der Waals surface area contributed by atoms with Crippen LogP contribution in [0.25, 0.3) is 0 Å². The van der Waals surface area contributed by atoms with E-state index in [2.05, 4.69) is 16.1 Å². The monoisotopic (exact) mass is 406 g/mol. The summed E-state index contributed by atoms with van der Waals surface area (Å²) < 4.78 is 52.8. The van der Waals surface area contributed by atoms with Gasteiger partial charge in [-0.15, -0.1) is 0 Å². The number of hydrazine groups is 1. The van der Waals surface area contributed by atoms with Crippen LogP contribution in [0.3, 0.4) is 0 Å². The third kappa shape index (κ3) is 3.72. The first-order valence-corrected chi connectivity index (χ1v) is 8.81. The summed E-state index contributed by atoms with van der Waals surface area (Å²) in [6.07, 6.45) is -6.88. The number of fused-ring (bicyclic) bond motifs is 1. The predicted octanol–water partition coefficient (Wildman–Crippen LogP) is 0.660. The van der Waals surface area contributed by atoms with Crippen LogP contribution in [0.15, 0.2) is 18.2 Å². The first kappa shape index (κ1) is 20.9. The van der Waals surface area contributed by atoms with Crippen LogP contribution in [0.2, 0.25) is 0 Å². The first-order chi connectivity index (χ1) is 13.0. The lowest BCUT2D eigenvalue weighted by atomic mass is 9.92. The number of carbonyl (C=O) groups excluding carboxylic acids is 1. The molecule has 2 heterocycles. The van der Waals surface area contributed by atoms with Crippen molar-refractivity contribution in [2.45, 2.75) is 44.6 Å². The molecule has 0 spiro atoms. The summed E-state index contributed by atoms with van der Waals surface area (Å²) in [7, 11) is 0. The van der Waals surface area contributed by atoms with Crippen molar-refractivity contribution in [2.24, 2.45) is 11.8 Å². The number of aliphatic hydroxyl groups is 2. The number of hydrogen-bond donors (Lipinski definition) is 5. The fourth-order valence-corrected chi connectivity index (χ4v) is 3.91. The minimum absolute atomic E-state index is 0.203. The maximum atomic E-state index is 14.1. The third-order valence-corrected chi connectivity index (χ3v) is 5.07. The summed E-state index contributed by atoms with van der Waals surface area (Å²) in [6.45, 7) is 3.21. The first-order valence-electron chi connectivity index (χ1n) is 8.81. The van der Waals surface area contributed by atoms with Crippen molar-refractivity contribution in [1.29, 1.82) is 0 Å². The van der Waals surface area contributed by atoms with Gasteiger partial charge in [-0.05, 0) is 23.6 Å². The molecular formula is C17H22F4N4O3. The Kier molecular flexibility index (Phi) is 5.65. The van der Waals surface area contributed by atoms with E-state index in [1.54, 1.807) is 18.9 Å². The lowest BCUT2D eigenvalue weighted by Gasteiger charge is -2.39. The molecule has 5 N–H and O–H groups in total. The van der Waals surface area contributed by atoms with E-state index in [9.17, 15) is 32.6 Å². The Labute approximate surface area is 158 Å². The van der Waals surface area contributed by atoms with E-state index < -0.39 is 54.0 Å². The molecule has 0 aromatic heterocycles. The van der Waals surface area contributed by atoms with Crippen LogP contribution in [0.1, 0.15) is 31.0 Å². The predicted molar refractivity (Wildman–Crippen MR) is 89.4 cm³/mol. The van der Waals surface area contributed by atoms with Crippen LogP contribution in [-0.2, 0) is 11.0 Å². The Hall–Kier alpha value is -1.79. The normalized spacial score (nSPS) is 29.7. The Morgan fingerprint density at radius 1 is 1.29 bits per heavy atom. The second-order valence-corrected chi connectivity index (χ2v) is 7.30. The van der Waals surface area contributed by atoms with E-state index in [-0.39, 0.29) is 18.1 Å². The van der Waals surface area contributed by atoms with Crippen molar-refractivity contribution >= 4 is 5.91 Å². The van der Waals surface area contributed by atoms with Gasteiger partial charge in [-0.2, -0.15) is 13.2 Å².